The average molecular weight is 208 g/mol. The van der Waals surface area contributed by atoms with E-state index in [1.165, 1.54) is 5.56 Å². The highest BCUT2D eigenvalue weighted by Crippen LogP contribution is 2.24. The molecule has 1 aliphatic heterocycles. The lowest BCUT2D eigenvalue weighted by Crippen LogP contribution is -2.01. The molecule has 0 aliphatic carbocycles. The highest BCUT2D eigenvalue weighted by molar-refractivity contribution is 7.99. The highest BCUT2D eigenvalue weighted by atomic mass is 32.2. The van der Waals surface area contributed by atoms with Gasteiger partial charge in [0.15, 0.2) is 0 Å². The van der Waals surface area contributed by atoms with Crippen molar-refractivity contribution in [3.63, 3.8) is 0 Å². The van der Waals surface area contributed by atoms with Crippen LogP contribution in [0, 0.1) is 0 Å². The summed E-state index contributed by atoms with van der Waals surface area (Å²) in [6.07, 6.45) is 0.567. The van der Waals surface area contributed by atoms with Crippen LogP contribution in [0.25, 0.3) is 0 Å². The van der Waals surface area contributed by atoms with E-state index >= 15 is 0 Å². The maximum absolute atomic E-state index is 10.8. The Kier molecular flexibility index (Phi) is 3.09. The summed E-state index contributed by atoms with van der Waals surface area (Å²) in [5.74, 6) is 0.901. The van der Waals surface area contributed by atoms with Gasteiger partial charge < -0.3 is 4.74 Å². The smallest absolute Gasteiger partial charge is 0.307 e. The summed E-state index contributed by atoms with van der Waals surface area (Å²) < 4.78 is 4.89. The van der Waals surface area contributed by atoms with E-state index in [9.17, 15) is 4.79 Å². The lowest BCUT2D eigenvalue weighted by atomic mass is 10.2. The molecule has 0 spiro atoms. The number of hydrogen-bond donors (Lipinski definition) is 0. The standard InChI is InChI=1S/C11H12O2S/c12-11-6-10(7-13-11)14-8-9-4-2-1-3-5-9/h1-5,10H,6-8H2. The van der Waals surface area contributed by atoms with Gasteiger partial charge in [-0.2, -0.15) is 0 Å². The molecule has 14 heavy (non-hydrogen) atoms. The van der Waals surface area contributed by atoms with Crippen LogP contribution < -0.4 is 0 Å². The molecule has 1 unspecified atom stereocenters. The van der Waals surface area contributed by atoms with Crippen LogP contribution in [0.1, 0.15) is 12.0 Å². The number of ether oxygens (including phenoxy) is 1. The quantitative estimate of drug-likeness (QED) is 0.712. The fourth-order valence-electron chi connectivity index (χ4n) is 1.38. The van der Waals surface area contributed by atoms with E-state index in [1.54, 1.807) is 11.8 Å². The van der Waals surface area contributed by atoms with Gasteiger partial charge in [0.05, 0.1) is 6.42 Å². The first-order valence-corrected chi connectivity index (χ1v) is 5.70. The third kappa shape index (κ3) is 2.51. The third-order valence-electron chi connectivity index (χ3n) is 2.15. The maximum atomic E-state index is 10.8. The van der Waals surface area contributed by atoms with Crippen molar-refractivity contribution in [3.05, 3.63) is 35.9 Å². The summed E-state index contributed by atoms with van der Waals surface area (Å²) in [7, 11) is 0. The molecule has 0 radical (unpaired) electrons. The Hall–Kier alpha value is -0.960. The second-order valence-corrected chi connectivity index (χ2v) is 4.59. The number of rotatable bonds is 3. The van der Waals surface area contributed by atoms with Crippen molar-refractivity contribution in [1.29, 1.82) is 0 Å². The predicted octanol–water partition coefficient (Wildman–Crippen LogP) is 2.24. The summed E-state index contributed by atoms with van der Waals surface area (Å²) in [6.45, 7) is 0.580. The first kappa shape index (κ1) is 9.59. The number of cyclic esters (lactones) is 1. The monoisotopic (exact) mass is 208 g/mol. The van der Waals surface area contributed by atoms with Gasteiger partial charge in [0.1, 0.15) is 6.61 Å². The topological polar surface area (TPSA) is 26.3 Å². The molecule has 1 aliphatic rings. The molecule has 0 aromatic heterocycles. The first-order chi connectivity index (χ1) is 6.84. The zero-order chi connectivity index (χ0) is 9.80. The van der Waals surface area contributed by atoms with Gasteiger partial charge in [-0.05, 0) is 5.56 Å². The fourth-order valence-corrected chi connectivity index (χ4v) is 2.42. The summed E-state index contributed by atoms with van der Waals surface area (Å²) in [4.78, 5) is 10.8. The van der Waals surface area contributed by atoms with Crippen LogP contribution >= 0.6 is 11.8 Å². The molecular formula is C11H12O2S. The van der Waals surface area contributed by atoms with Gasteiger partial charge in [0, 0.05) is 11.0 Å². The van der Waals surface area contributed by atoms with E-state index in [2.05, 4.69) is 12.1 Å². The van der Waals surface area contributed by atoms with Gasteiger partial charge in [0.2, 0.25) is 0 Å². The zero-order valence-electron chi connectivity index (χ0n) is 7.81. The summed E-state index contributed by atoms with van der Waals surface area (Å²) in [6, 6.07) is 10.3. The Morgan fingerprint density at radius 2 is 2.14 bits per heavy atom. The number of thioether (sulfide) groups is 1. The number of carbonyl (C=O) groups excluding carboxylic acids is 1. The number of hydrogen-bond acceptors (Lipinski definition) is 3. The minimum atomic E-state index is -0.0597. The Bertz CT molecular complexity index is 310. The van der Waals surface area contributed by atoms with Gasteiger partial charge in [-0.25, -0.2) is 0 Å². The van der Waals surface area contributed by atoms with Crippen molar-refractivity contribution >= 4 is 17.7 Å². The van der Waals surface area contributed by atoms with E-state index in [1.807, 2.05) is 18.2 Å². The lowest BCUT2D eigenvalue weighted by Gasteiger charge is -2.05. The normalized spacial score (nSPS) is 20.9. The van der Waals surface area contributed by atoms with Crippen LogP contribution in [-0.2, 0) is 15.3 Å². The number of carbonyl (C=O) groups is 1. The van der Waals surface area contributed by atoms with E-state index in [0.717, 1.165) is 5.75 Å². The van der Waals surface area contributed by atoms with Gasteiger partial charge in [0.25, 0.3) is 0 Å². The molecule has 1 atom stereocenters. The summed E-state index contributed by atoms with van der Waals surface area (Å²) in [5, 5.41) is 0.350. The number of benzene rings is 1. The third-order valence-corrected chi connectivity index (χ3v) is 3.43. The van der Waals surface area contributed by atoms with Crippen molar-refractivity contribution in [2.24, 2.45) is 0 Å². The molecule has 1 aromatic carbocycles. The van der Waals surface area contributed by atoms with Crippen LogP contribution in [0.5, 0.6) is 0 Å². The van der Waals surface area contributed by atoms with Crippen molar-refractivity contribution < 1.29 is 9.53 Å². The van der Waals surface area contributed by atoms with Crippen LogP contribution in [0.15, 0.2) is 30.3 Å². The second kappa shape index (κ2) is 4.51. The van der Waals surface area contributed by atoms with Crippen molar-refractivity contribution in [3.8, 4) is 0 Å². The molecule has 2 rings (SSSR count). The van der Waals surface area contributed by atoms with Crippen LogP contribution in [0.4, 0.5) is 0 Å². The van der Waals surface area contributed by atoms with E-state index in [0.29, 0.717) is 18.3 Å². The van der Waals surface area contributed by atoms with Crippen LogP contribution in [-0.4, -0.2) is 17.8 Å². The molecule has 0 amide bonds. The van der Waals surface area contributed by atoms with Gasteiger partial charge in [-0.1, -0.05) is 30.3 Å². The average Bonchev–Trinajstić information content (AvgIpc) is 2.63. The van der Waals surface area contributed by atoms with Crippen LogP contribution in [0.2, 0.25) is 0 Å². The molecular weight excluding hydrogens is 196 g/mol. The van der Waals surface area contributed by atoms with Crippen molar-refractivity contribution in [2.75, 3.05) is 6.61 Å². The van der Waals surface area contributed by atoms with Crippen molar-refractivity contribution in [1.82, 2.24) is 0 Å². The minimum absolute atomic E-state index is 0.0597. The summed E-state index contributed by atoms with van der Waals surface area (Å²) in [5.41, 5.74) is 1.30. The largest absolute Gasteiger partial charge is 0.464 e. The zero-order valence-corrected chi connectivity index (χ0v) is 8.63. The fraction of sp³-hybridized carbons (Fsp3) is 0.364. The molecule has 0 saturated carbocycles. The lowest BCUT2D eigenvalue weighted by molar-refractivity contribution is -0.137. The molecule has 1 fully saturated rings. The minimum Gasteiger partial charge on any atom is -0.464 e. The molecule has 2 nitrogen and oxygen atoms in total. The molecule has 74 valence electrons. The molecule has 1 saturated heterocycles. The Balaban J connectivity index is 1.80. The van der Waals surface area contributed by atoms with E-state index in [4.69, 9.17) is 4.74 Å². The van der Waals surface area contributed by atoms with Crippen LogP contribution in [0.3, 0.4) is 0 Å². The van der Waals surface area contributed by atoms with Crippen molar-refractivity contribution in [2.45, 2.75) is 17.4 Å². The molecule has 3 heteroatoms. The SMILES string of the molecule is O=C1CC(SCc2ccccc2)CO1. The van der Waals surface area contributed by atoms with Gasteiger partial charge in [-0.3, -0.25) is 4.79 Å². The maximum Gasteiger partial charge on any atom is 0.307 e. The Labute approximate surface area is 87.6 Å². The van der Waals surface area contributed by atoms with E-state index < -0.39 is 0 Å². The van der Waals surface area contributed by atoms with Gasteiger partial charge in [-0.15, -0.1) is 11.8 Å². The summed E-state index contributed by atoms with van der Waals surface area (Å²) >= 11 is 1.80. The highest BCUT2D eigenvalue weighted by Gasteiger charge is 2.23. The molecule has 0 bridgehead atoms. The van der Waals surface area contributed by atoms with Gasteiger partial charge >= 0.3 is 5.97 Å². The first-order valence-electron chi connectivity index (χ1n) is 4.66. The second-order valence-electron chi connectivity index (χ2n) is 3.31. The molecule has 0 N–H and O–H groups in total. The number of esters is 1. The molecule has 1 heterocycles. The predicted molar refractivity (Wildman–Crippen MR) is 57.1 cm³/mol. The molecule has 1 aromatic rings. The Morgan fingerprint density at radius 3 is 2.79 bits per heavy atom. The Morgan fingerprint density at radius 1 is 1.36 bits per heavy atom. The van der Waals surface area contributed by atoms with E-state index in [-0.39, 0.29) is 5.97 Å².